The monoisotopic (exact) mass is 206 g/mol. The van der Waals surface area contributed by atoms with Gasteiger partial charge in [0.25, 0.3) is 0 Å². The third kappa shape index (κ3) is 2.92. The molecule has 0 saturated heterocycles. The Morgan fingerprint density at radius 2 is 1.79 bits per heavy atom. The summed E-state index contributed by atoms with van der Waals surface area (Å²) in [5.74, 6) is 0.0869. The molecule has 1 atom stereocenters. The van der Waals surface area contributed by atoms with Gasteiger partial charge in [0.1, 0.15) is 5.75 Å². The largest absolute Gasteiger partial charge is 0.478 e. The quantitative estimate of drug-likeness (QED) is 0.819. The van der Waals surface area contributed by atoms with E-state index in [1.54, 1.807) is 18.2 Å². The molecule has 0 amide bonds. The minimum atomic E-state index is -4.55. The van der Waals surface area contributed by atoms with Crippen molar-refractivity contribution in [3.8, 4) is 5.75 Å². The SMILES string of the molecule is OCC(Oc1ccccc1)C(F)(F)F. The lowest BCUT2D eigenvalue weighted by Crippen LogP contribution is -2.37. The smallest absolute Gasteiger partial charge is 0.427 e. The molecule has 2 nitrogen and oxygen atoms in total. The number of benzene rings is 1. The van der Waals surface area contributed by atoms with Crippen LogP contribution in [0.2, 0.25) is 0 Å². The van der Waals surface area contributed by atoms with E-state index in [4.69, 9.17) is 5.11 Å². The van der Waals surface area contributed by atoms with Crippen molar-refractivity contribution in [2.24, 2.45) is 0 Å². The van der Waals surface area contributed by atoms with Gasteiger partial charge in [-0.1, -0.05) is 18.2 Å². The van der Waals surface area contributed by atoms with Crippen molar-refractivity contribution in [2.75, 3.05) is 6.61 Å². The Bertz CT molecular complexity index is 271. The predicted molar refractivity (Wildman–Crippen MR) is 44.0 cm³/mol. The van der Waals surface area contributed by atoms with E-state index in [1.165, 1.54) is 12.1 Å². The molecule has 0 radical (unpaired) electrons. The molecule has 0 aliphatic rings. The van der Waals surface area contributed by atoms with Crippen LogP contribution < -0.4 is 4.74 Å². The molecule has 78 valence electrons. The van der Waals surface area contributed by atoms with Gasteiger partial charge in [-0.2, -0.15) is 13.2 Å². The maximum atomic E-state index is 12.1. The van der Waals surface area contributed by atoms with Crippen molar-refractivity contribution in [3.05, 3.63) is 30.3 Å². The second-order valence-corrected chi connectivity index (χ2v) is 2.64. The second-order valence-electron chi connectivity index (χ2n) is 2.64. The lowest BCUT2D eigenvalue weighted by atomic mass is 10.3. The Hall–Kier alpha value is -1.23. The van der Waals surface area contributed by atoms with Crippen LogP contribution in [0.1, 0.15) is 0 Å². The Kier molecular flexibility index (Phi) is 3.35. The molecule has 1 unspecified atom stereocenters. The van der Waals surface area contributed by atoms with Gasteiger partial charge >= 0.3 is 6.18 Å². The normalized spacial score (nSPS) is 13.7. The number of alkyl halides is 3. The number of para-hydroxylation sites is 1. The molecule has 0 aliphatic heterocycles. The van der Waals surface area contributed by atoms with Gasteiger partial charge in [0.15, 0.2) is 0 Å². The molecule has 0 bridgehead atoms. The molecule has 0 saturated carbocycles. The van der Waals surface area contributed by atoms with Crippen LogP contribution in [0.15, 0.2) is 30.3 Å². The Morgan fingerprint density at radius 3 is 2.21 bits per heavy atom. The topological polar surface area (TPSA) is 29.5 Å². The van der Waals surface area contributed by atoms with E-state index in [-0.39, 0.29) is 5.75 Å². The number of halogens is 3. The summed E-state index contributed by atoms with van der Waals surface area (Å²) < 4.78 is 40.9. The standard InChI is InChI=1S/C9H9F3O2/c10-9(11,12)8(6-13)14-7-4-2-1-3-5-7/h1-5,8,13H,6H2. The highest BCUT2D eigenvalue weighted by Gasteiger charge is 2.41. The van der Waals surface area contributed by atoms with Gasteiger partial charge in [-0.05, 0) is 12.1 Å². The lowest BCUT2D eigenvalue weighted by molar-refractivity contribution is -0.204. The second kappa shape index (κ2) is 4.32. The van der Waals surface area contributed by atoms with E-state index in [9.17, 15) is 13.2 Å². The maximum Gasteiger partial charge on any atom is 0.427 e. The van der Waals surface area contributed by atoms with Crippen LogP contribution in [0.4, 0.5) is 13.2 Å². The zero-order chi connectivity index (χ0) is 10.6. The third-order valence-electron chi connectivity index (χ3n) is 1.55. The fourth-order valence-electron chi connectivity index (χ4n) is 0.871. The fraction of sp³-hybridized carbons (Fsp3) is 0.333. The van der Waals surface area contributed by atoms with Crippen molar-refractivity contribution in [3.63, 3.8) is 0 Å². The Morgan fingerprint density at radius 1 is 1.21 bits per heavy atom. The van der Waals surface area contributed by atoms with Crippen LogP contribution in [0.25, 0.3) is 0 Å². The van der Waals surface area contributed by atoms with Crippen molar-refractivity contribution < 1.29 is 23.0 Å². The highest BCUT2D eigenvalue weighted by atomic mass is 19.4. The van der Waals surface area contributed by atoms with Crippen LogP contribution in [0.5, 0.6) is 5.75 Å². The van der Waals surface area contributed by atoms with Crippen LogP contribution in [-0.4, -0.2) is 24.0 Å². The first-order valence-corrected chi connectivity index (χ1v) is 3.93. The van der Waals surface area contributed by atoms with Crippen molar-refractivity contribution in [1.82, 2.24) is 0 Å². The highest BCUT2D eigenvalue weighted by molar-refractivity contribution is 5.21. The minimum Gasteiger partial charge on any atom is -0.478 e. The molecule has 1 rings (SSSR count). The predicted octanol–water partition coefficient (Wildman–Crippen LogP) is 1.99. The number of hydrogen-bond donors (Lipinski definition) is 1. The highest BCUT2D eigenvalue weighted by Crippen LogP contribution is 2.24. The molecule has 1 N–H and O–H groups in total. The first-order chi connectivity index (χ1) is 6.54. The van der Waals surface area contributed by atoms with Gasteiger partial charge in [-0.25, -0.2) is 0 Å². The summed E-state index contributed by atoms with van der Waals surface area (Å²) in [6.07, 6.45) is -6.71. The van der Waals surface area contributed by atoms with Gasteiger partial charge in [-0.3, -0.25) is 0 Å². The summed E-state index contributed by atoms with van der Waals surface area (Å²) in [6, 6.07) is 7.57. The summed E-state index contributed by atoms with van der Waals surface area (Å²) in [5.41, 5.74) is 0. The lowest BCUT2D eigenvalue weighted by Gasteiger charge is -2.19. The van der Waals surface area contributed by atoms with E-state index >= 15 is 0 Å². The van der Waals surface area contributed by atoms with Gasteiger partial charge in [0.05, 0.1) is 6.61 Å². The molecule has 0 aliphatic carbocycles. The summed E-state index contributed by atoms with van der Waals surface area (Å²) in [5, 5.41) is 8.48. The van der Waals surface area contributed by atoms with Gasteiger partial charge in [0, 0.05) is 0 Å². The Labute approximate surface area is 78.9 Å². The molecular formula is C9H9F3O2. The summed E-state index contributed by atoms with van der Waals surface area (Å²) in [6.45, 7) is -1.08. The van der Waals surface area contributed by atoms with Crippen LogP contribution >= 0.6 is 0 Å². The summed E-state index contributed by atoms with van der Waals surface area (Å²) in [4.78, 5) is 0. The first-order valence-electron chi connectivity index (χ1n) is 3.93. The molecule has 0 fully saturated rings. The van der Waals surface area contributed by atoms with Gasteiger partial charge < -0.3 is 9.84 Å². The molecule has 1 aromatic rings. The third-order valence-corrected chi connectivity index (χ3v) is 1.55. The zero-order valence-electron chi connectivity index (χ0n) is 7.16. The van der Waals surface area contributed by atoms with Crippen molar-refractivity contribution in [1.29, 1.82) is 0 Å². The minimum absolute atomic E-state index is 0.0869. The average molecular weight is 206 g/mol. The molecule has 14 heavy (non-hydrogen) atoms. The van der Waals surface area contributed by atoms with Crippen LogP contribution in [0, 0.1) is 0 Å². The first kappa shape index (κ1) is 10.8. The number of aliphatic hydroxyl groups excluding tert-OH is 1. The molecule has 1 aromatic carbocycles. The van der Waals surface area contributed by atoms with E-state index in [0.29, 0.717) is 0 Å². The van der Waals surface area contributed by atoms with Crippen LogP contribution in [-0.2, 0) is 0 Å². The number of rotatable bonds is 3. The fourth-order valence-corrected chi connectivity index (χ4v) is 0.871. The number of aliphatic hydroxyl groups is 1. The van der Waals surface area contributed by atoms with Crippen molar-refractivity contribution >= 4 is 0 Å². The number of ether oxygens (including phenoxy) is 1. The summed E-state index contributed by atoms with van der Waals surface area (Å²) >= 11 is 0. The molecular weight excluding hydrogens is 197 g/mol. The molecule has 5 heteroatoms. The number of hydrogen-bond acceptors (Lipinski definition) is 2. The zero-order valence-corrected chi connectivity index (χ0v) is 7.16. The van der Waals surface area contributed by atoms with E-state index in [1.807, 2.05) is 0 Å². The van der Waals surface area contributed by atoms with E-state index < -0.39 is 18.9 Å². The van der Waals surface area contributed by atoms with E-state index in [2.05, 4.69) is 4.74 Å². The average Bonchev–Trinajstić information content (AvgIpc) is 2.14. The van der Waals surface area contributed by atoms with Crippen molar-refractivity contribution in [2.45, 2.75) is 12.3 Å². The maximum absolute atomic E-state index is 12.1. The Balaban J connectivity index is 2.67. The van der Waals surface area contributed by atoms with Crippen LogP contribution in [0.3, 0.4) is 0 Å². The molecule has 0 spiro atoms. The molecule has 0 heterocycles. The van der Waals surface area contributed by atoms with Gasteiger partial charge in [-0.15, -0.1) is 0 Å². The summed E-state index contributed by atoms with van der Waals surface area (Å²) in [7, 11) is 0. The van der Waals surface area contributed by atoms with E-state index in [0.717, 1.165) is 0 Å². The molecule has 0 aromatic heterocycles. The van der Waals surface area contributed by atoms with Gasteiger partial charge in [0.2, 0.25) is 6.10 Å².